The Morgan fingerprint density at radius 1 is 1.16 bits per heavy atom. The lowest BCUT2D eigenvalue weighted by atomic mass is 9.70. The van der Waals surface area contributed by atoms with E-state index >= 15 is 0 Å². The molecule has 2 aliphatic rings. The van der Waals surface area contributed by atoms with Gasteiger partial charge in [-0.1, -0.05) is 50.4 Å². The Balaban J connectivity index is 1.67. The van der Waals surface area contributed by atoms with E-state index in [4.69, 9.17) is 17.3 Å². The predicted octanol–water partition coefficient (Wildman–Crippen LogP) is 4.49. The van der Waals surface area contributed by atoms with E-state index in [1.165, 1.54) is 5.56 Å². The average Bonchev–Trinajstić information content (AvgIpc) is 3.28. The molecule has 3 rings (SSSR count). The monoisotopic (exact) mass is 447 g/mol. The van der Waals surface area contributed by atoms with E-state index in [1.807, 2.05) is 17.0 Å². The predicted molar refractivity (Wildman–Crippen MR) is 126 cm³/mol. The third-order valence-electron chi connectivity index (χ3n) is 7.10. The van der Waals surface area contributed by atoms with Crippen molar-refractivity contribution in [1.82, 2.24) is 10.2 Å². The van der Waals surface area contributed by atoms with Crippen molar-refractivity contribution in [2.75, 3.05) is 19.6 Å². The van der Waals surface area contributed by atoms with Gasteiger partial charge in [0.2, 0.25) is 11.8 Å². The summed E-state index contributed by atoms with van der Waals surface area (Å²) in [6.07, 6.45) is 7.38. The number of nitrogens with one attached hydrogen (secondary N) is 1. The fraction of sp³-hybridized carbons (Fsp3) is 0.680. The van der Waals surface area contributed by atoms with Crippen molar-refractivity contribution in [3.05, 3.63) is 34.9 Å². The van der Waals surface area contributed by atoms with Gasteiger partial charge in [0.25, 0.3) is 0 Å². The molecule has 0 bridgehead atoms. The van der Waals surface area contributed by atoms with Crippen molar-refractivity contribution in [3.63, 3.8) is 0 Å². The van der Waals surface area contributed by atoms with E-state index in [0.29, 0.717) is 32.0 Å². The molecule has 0 radical (unpaired) electrons. The van der Waals surface area contributed by atoms with E-state index in [2.05, 4.69) is 31.3 Å². The van der Waals surface area contributed by atoms with Crippen LogP contribution in [0.1, 0.15) is 76.7 Å². The van der Waals surface area contributed by atoms with E-state index in [1.54, 1.807) is 0 Å². The Bertz CT molecular complexity index is 744. The Kier molecular flexibility index (Phi) is 8.40. The van der Waals surface area contributed by atoms with Gasteiger partial charge in [-0.15, -0.1) is 0 Å². The van der Waals surface area contributed by atoms with Gasteiger partial charge in [0, 0.05) is 24.0 Å². The van der Waals surface area contributed by atoms with Crippen LogP contribution in [0.4, 0.5) is 0 Å². The fourth-order valence-electron chi connectivity index (χ4n) is 5.31. The number of carbonyl (C=O) groups is 2. The summed E-state index contributed by atoms with van der Waals surface area (Å²) in [5.41, 5.74) is 6.88. The number of rotatable bonds is 8. The Morgan fingerprint density at radius 3 is 2.45 bits per heavy atom. The Hall–Kier alpha value is -1.59. The van der Waals surface area contributed by atoms with Crippen LogP contribution in [0.25, 0.3) is 0 Å². The van der Waals surface area contributed by atoms with Crippen molar-refractivity contribution >= 4 is 23.4 Å². The van der Waals surface area contributed by atoms with Gasteiger partial charge in [-0.05, 0) is 74.1 Å². The lowest BCUT2D eigenvalue weighted by Crippen LogP contribution is -2.54. The van der Waals surface area contributed by atoms with E-state index in [0.717, 1.165) is 50.0 Å². The molecule has 6 heteroatoms. The van der Waals surface area contributed by atoms with Crippen molar-refractivity contribution < 1.29 is 9.59 Å². The number of unbranched alkanes of at least 4 members (excludes halogenated alkanes) is 1. The smallest absolute Gasteiger partial charge is 0.245 e. The lowest BCUT2D eigenvalue weighted by Gasteiger charge is -2.45. The van der Waals surface area contributed by atoms with Crippen LogP contribution in [-0.2, 0) is 9.59 Å². The number of likely N-dealkylation sites (tertiary alicyclic amines) is 1. The minimum absolute atomic E-state index is 0.0545. The number of amides is 2. The second-order valence-electron chi connectivity index (χ2n) is 9.97. The number of nitrogens with two attached hydrogens (primary N) is 1. The summed E-state index contributed by atoms with van der Waals surface area (Å²) in [6.45, 7) is 6.46. The molecule has 1 saturated heterocycles. The number of hydrogen-bond donors (Lipinski definition) is 2. The molecular weight excluding hydrogens is 410 g/mol. The molecule has 1 aromatic rings. The highest BCUT2D eigenvalue weighted by atomic mass is 35.5. The SMILES string of the molecule is CC1(C)CN(C(=O)[C@@H](CCCCN)NC(=O)C2CCCC2)CCC1c1ccc(Cl)cc1. The molecule has 1 aliphatic heterocycles. The number of piperidine rings is 1. The van der Waals surface area contributed by atoms with Gasteiger partial charge >= 0.3 is 0 Å². The van der Waals surface area contributed by atoms with Gasteiger partial charge in [-0.3, -0.25) is 9.59 Å². The first-order valence-corrected chi connectivity index (χ1v) is 12.2. The van der Waals surface area contributed by atoms with E-state index < -0.39 is 6.04 Å². The number of carbonyl (C=O) groups excluding carboxylic acids is 2. The van der Waals surface area contributed by atoms with Crippen LogP contribution < -0.4 is 11.1 Å². The minimum Gasteiger partial charge on any atom is -0.344 e. The molecule has 1 heterocycles. The topological polar surface area (TPSA) is 75.4 Å². The largest absolute Gasteiger partial charge is 0.344 e. The number of benzene rings is 1. The highest BCUT2D eigenvalue weighted by Crippen LogP contribution is 2.42. The number of nitrogens with zero attached hydrogens (tertiary/aromatic N) is 1. The molecule has 2 fully saturated rings. The van der Waals surface area contributed by atoms with Gasteiger partial charge in [-0.2, -0.15) is 0 Å². The minimum atomic E-state index is -0.442. The highest BCUT2D eigenvalue weighted by molar-refractivity contribution is 6.30. The fourth-order valence-corrected chi connectivity index (χ4v) is 5.43. The molecule has 0 aromatic heterocycles. The molecule has 1 saturated carbocycles. The molecule has 2 atom stereocenters. The van der Waals surface area contributed by atoms with Gasteiger partial charge in [0.1, 0.15) is 6.04 Å². The summed E-state index contributed by atoms with van der Waals surface area (Å²) >= 11 is 6.07. The molecule has 5 nitrogen and oxygen atoms in total. The van der Waals surface area contributed by atoms with E-state index in [-0.39, 0.29) is 23.1 Å². The maximum atomic E-state index is 13.5. The van der Waals surface area contributed by atoms with Crippen LogP contribution in [-0.4, -0.2) is 42.4 Å². The molecule has 1 unspecified atom stereocenters. The summed E-state index contributed by atoms with van der Waals surface area (Å²) in [5, 5.41) is 3.85. The summed E-state index contributed by atoms with van der Waals surface area (Å²) in [5.74, 6) is 0.555. The summed E-state index contributed by atoms with van der Waals surface area (Å²) in [4.78, 5) is 28.2. The third-order valence-corrected chi connectivity index (χ3v) is 7.35. The summed E-state index contributed by atoms with van der Waals surface area (Å²) in [7, 11) is 0. The van der Waals surface area contributed by atoms with Crippen LogP contribution in [0, 0.1) is 11.3 Å². The van der Waals surface area contributed by atoms with Crippen molar-refractivity contribution in [2.45, 2.75) is 77.2 Å². The average molecular weight is 448 g/mol. The van der Waals surface area contributed by atoms with Crippen molar-refractivity contribution in [2.24, 2.45) is 17.1 Å². The second kappa shape index (κ2) is 10.8. The van der Waals surface area contributed by atoms with Gasteiger partial charge in [0.15, 0.2) is 0 Å². The zero-order valence-electron chi connectivity index (χ0n) is 19.0. The molecule has 0 spiro atoms. The standard InChI is InChI=1S/C25H38ClN3O2/c1-25(2)17-29(16-14-21(25)18-10-12-20(26)13-11-18)24(31)22(9-5-6-15-27)28-23(30)19-7-3-4-8-19/h10-13,19,21-22H,3-9,14-17,27H2,1-2H3,(H,28,30)/t21?,22-/m1/s1. The van der Waals surface area contributed by atoms with Crippen LogP contribution in [0.5, 0.6) is 0 Å². The van der Waals surface area contributed by atoms with E-state index in [9.17, 15) is 9.59 Å². The quantitative estimate of drug-likeness (QED) is 0.576. The third kappa shape index (κ3) is 6.23. The van der Waals surface area contributed by atoms with Gasteiger partial charge in [0.05, 0.1) is 0 Å². The maximum Gasteiger partial charge on any atom is 0.245 e. The van der Waals surface area contributed by atoms with Gasteiger partial charge < -0.3 is 16.0 Å². The van der Waals surface area contributed by atoms with Crippen LogP contribution in [0.15, 0.2) is 24.3 Å². The maximum absolute atomic E-state index is 13.5. The van der Waals surface area contributed by atoms with Crippen molar-refractivity contribution in [1.29, 1.82) is 0 Å². The highest BCUT2D eigenvalue weighted by Gasteiger charge is 2.40. The lowest BCUT2D eigenvalue weighted by molar-refractivity contribution is -0.140. The summed E-state index contributed by atoms with van der Waals surface area (Å²) < 4.78 is 0. The Labute approximate surface area is 192 Å². The Morgan fingerprint density at radius 2 is 1.84 bits per heavy atom. The van der Waals surface area contributed by atoms with Crippen LogP contribution in [0.2, 0.25) is 5.02 Å². The molecule has 31 heavy (non-hydrogen) atoms. The zero-order chi connectivity index (χ0) is 22.4. The molecule has 172 valence electrons. The normalized spacial score (nSPS) is 22.3. The second-order valence-corrected chi connectivity index (χ2v) is 10.4. The first-order chi connectivity index (χ1) is 14.8. The summed E-state index contributed by atoms with van der Waals surface area (Å²) in [6, 6.07) is 7.64. The van der Waals surface area contributed by atoms with Crippen molar-refractivity contribution in [3.8, 4) is 0 Å². The first-order valence-electron chi connectivity index (χ1n) is 11.9. The number of hydrogen-bond acceptors (Lipinski definition) is 3. The molecule has 2 amide bonds. The number of halogens is 1. The molecule has 3 N–H and O–H groups in total. The molecule has 1 aromatic carbocycles. The molecule has 1 aliphatic carbocycles. The zero-order valence-corrected chi connectivity index (χ0v) is 19.8. The molecular formula is C25H38ClN3O2. The van der Waals surface area contributed by atoms with Crippen LogP contribution in [0.3, 0.4) is 0 Å². The van der Waals surface area contributed by atoms with Crippen LogP contribution >= 0.6 is 11.6 Å². The first kappa shape index (κ1) is 24.1. The van der Waals surface area contributed by atoms with Gasteiger partial charge in [-0.25, -0.2) is 0 Å².